The zero-order chi connectivity index (χ0) is 9.42. The second kappa shape index (κ2) is 2.92. The van der Waals surface area contributed by atoms with E-state index in [0.717, 1.165) is 5.56 Å². The van der Waals surface area contributed by atoms with Gasteiger partial charge in [-0.25, -0.2) is 4.79 Å². The molecule has 0 saturated heterocycles. The van der Waals surface area contributed by atoms with Crippen LogP contribution in [0.1, 0.15) is 15.9 Å². The summed E-state index contributed by atoms with van der Waals surface area (Å²) in [7, 11) is 0. The van der Waals surface area contributed by atoms with E-state index in [4.69, 9.17) is 16.3 Å². The number of esters is 1. The lowest BCUT2D eigenvalue weighted by Gasteiger charge is -2.15. The van der Waals surface area contributed by atoms with Gasteiger partial charge in [-0.15, -0.1) is 0 Å². The number of benzene rings is 1. The Hall–Kier alpha value is -1.22. The van der Waals surface area contributed by atoms with Crippen LogP contribution in [0.4, 0.5) is 0 Å². The molecule has 0 unspecified atom stereocenters. The Bertz CT molecular complexity index is 373. The number of phenols is 1. The van der Waals surface area contributed by atoms with Crippen LogP contribution in [0.5, 0.6) is 5.75 Å². The van der Waals surface area contributed by atoms with Gasteiger partial charge < -0.3 is 9.84 Å². The van der Waals surface area contributed by atoms with Crippen molar-refractivity contribution in [2.75, 3.05) is 6.61 Å². The molecule has 1 heterocycles. The van der Waals surface area contributed by atoms with E-state index in [-0.39, 0.29) is 16.7 Å². The summed E-state index contributed by atoms with van der Waals surface area (Å²) >= 11 is 5.65. The molecule has 1 aromatic rings. The number of carbonyl (C=O) groups is 1. The first-order valence-electron chi connectivity index (χ1n) is 3.87. The quantitative estimate of drug-likeness (QED) is 0.647. The van der Waals surface area contributed by atoms with Crippen molar-refractivity contribution >= 4 is 17.6 Å². The van der Waals surface area contributed by atoms with Gasteiger partial charge in [0.2, 0.25) is 0 Å². The van der Waals surface area contributed by atoms with Crippen LogP contribution in [-0.2, 0) is 11.2 Å². The highest BCUT2D eigenvalue weighted by molar-refractivity contribution is 6.32. The molecule has 68 valence electrons. The van der Waals surface area contributed by atoms with Gasteiger partial charge in [-0.2, -0.15) is 0 Å². The summed E-state index contributed by atoms with van der Waals surface area (Å²) in [5, 5.41) is 9.46. The average molecular weight is 199 g/mol. The molecule has 0 aliphatic carbocycles. The van der Waals surface area contributed by atoms with Crippen molar-refractivity contribution in [3.8, 4) is 5.75 Å². The van der Waals surface area contributed by atoms with Gasteiger partial charge in [-0.05, 0) is 17.7 Å². The first-order chi connectivity index (χ1) is 6.18. The van der Waals surface area contributed by atoms with E-state index in [1.807, 2.05) is 0 Å². The molecular weight excluding hydrogens is 192 g/mol. The predicted octanol–water partition coefficient (Wildman–Crippen LogP) is 1.76. The second-order valence-corrected chi connectivity index (χ2v) is 3.25. The molecule has 0 spiro atoms. The highest BCUT2D eigenvalue weighted by Gasteiger charge is 2.20. The predicted molar refractivity (Wildman–Crippen MR) is 47.1 cm³/mol. The lowest BCUT2D eigenvalue weighted by Crippen LogP contribution is -2.17. The van der Waals surface area contributed by atoms with Gasteiger partial charge in [-0.3, -0.25) is 0 Å². The Labute approximate surface area is 79.9 Å². The highest BCUT2D eigenvalue weighted by Crippen LogP contribution is 2.29. The maximum Gasteiger partial charge on any atom is 0.338 e. The van der Waals surface area contributed by atoms with E-state index in [9.17, 15) is 9.90 Å². The molecule has 0 fully saturated rings. The lowest BCUT2D eigenvalue weighted by molar-refractivity contribution is 0.0480. The molecule has 2 rings (SSSR count). The zero-order valence-electron chi connectivity index (χ0n) is 6.71. The minimum atomic E-state index is -0.372. The third kappa shape index (κ3) is 1.35. The number of phenolic OH excluding ortho intramolecular Hbond substituents is 1. The molecule has 0 bridgehead atoms. The Morgan fingerprint density at radius 3 is 3.00 bits per heavy atom. The molecule has 1 aliphatic rings. The number of carbonyl (C=O) groups excluding carboxylic acids is 1. The highest BCUT2D eigenvalue weighted by atomic mass is 35.5. The van der Waals surface area contributed by atoms with Gasteiger partial charge in [0.05, 0.1) is 17.2 Å². The van der Waals surface area contributed by atoms with Crippen LogP contribution in [0, 0.1) is 0 Å². The molecule has 0 atom stereocenters. The van der Waals surface area contributed by atoms with Crippen LogP contribution >= 0.6 is 11.6 Å². The summed E-state index contributed by atoms with van der Waals surface area (Å²) in [6.45, 7) is 0.368. The van der Waals surface area contributed by atoms with Crippen LogP contribution < -0.4 is 0 Å². The molecule has 13 heavy (non-hydrogen) atoms. The molecule has 1 aliphatic heterocycles. The van der Waals surface area contributed by atoms with Crippen LogP contribution in [0.2, 0.25) is 5.02 Å². The van der Waals surface area contributed by atoms with Gasteiger partial charge in [0.15, 0.2) is 0 Å². The normalized spacial score (nSPS) is 15.0. The van der Waals surface area contributed by atoms with Crippen LogP contribution in [0.3, 0.4) is 0 Å². The van der Waals surface area contributed by atoms with Gasteiger partial charge in [0.1, 0.15) is 5.75 Å². The van der Waals surface area contributed by atoms with Gasteiger partial charge in [0, 0.05) is 6.42 Å². The second-order valence-electron chi connectivity index (χ2n) is 2.85. The minimum Gasteiger partial charge on any atom is -0.506 e. The molecule has 1 N–H and O–H groups in total. The lowest BCUT2D eigenvalue weighted by atomic mass is 10.0. The summed E-state index contributed by atoms with van der Waals surface area (Å²) < 4.78 is 4.82. The maximum atomic E-state index is 11.2. The fourth-order valence-corrected chi connectivity index (χ4v) is 1.50. The van der Waals surface area contributed by atoms with Gasteiger partial charge >= 0.3 is 5.97 Å². The molecule has 0 radical (unpaired) electrons. The number of aromatic hydroxyl groups is 1. The third-order valence-corrected chi connectivity index (χ3v) is 2.30. The average Bonchev–Trinajstić information content (AvgIpc) is 2.09. The van der Waals surface area contributed by atoms with E-state index >= 15 is 0 Å². The van der Waals surface area contributed by atoms with Gasteiger partial charge in [-0.1, -0.05) is 11.6 Å². The SMILES string of the molecule is O=C1OCCc2cc(O)c(Cl)cc21. The first-order valence-corrected chi connectivity index (χ1v) is 4.25. The Morgan fingerprint density at radius 1 is 1.46 bits per heavy atom. The molecule has 4 heteroatoms. The van der Waals surface area contributed by atoms with Gasteiger partial charge in [0.25, 0.3) is 0 Å². The van der Waals surface area contributed by atoms with E-state index in [1.165, 1.54) is 12.1 Å². The van der Waals surface area contributed by atoms with Crippen molar-refractivity contribution in [2.45, 2.75) is 6.42 Å². The summed E-state index contributed by atoms with van der Waals surface area (Å²) in [5.74, 6) is -0.363. The van der Waals surface area contributed by atoms with Crippen molar-refractivity contribution in [1.82, 2.24) is 0 Å². The van der Waals surface area contributed by atoms with Crippen molar-refractivity contribution in [2.24, 2.45) is 0 Å². The monoisotopic (exact) mass is 198 g/mol. The number of fused-ring (bicyclic) bond motifs is 1. The van der Waals surface area contributed by atoms with Crippen LogP contribution in [0.25, 0.3) is 0 Å². The van der Waals surface area contributed by atoms with Crippen LogP contribution in [-0.4, -0.2) is 17.7 Å². The molecule has 0 saturated carbocycles. The van der Waals surface area contributed by atoms with E-state index in [2.05, 4.69) is 0 Å². The summed E-state index contributed by atoms with van der Waals surface area (Å²) in [6, 6.07) is 2.95. The smallest absolute Gasteiger partial charge is 0.338 e. The third-order valence-electron chi connectivity index (χ3n) is 2.00. The molecular formula is C9H7ClO3. The van der Waals surface area contributed by atoms with E-state index in [0.29, 0.717) is 18.6 Å². The Morgan fingerprint density at radius 2 is 2.23 bits per heavy atom. The number of hydrogen-bond acceptors (Lipinski definition) is 3. The number of cyclic esters (lactones) is 1. The van der Waals surface area contributed by atoms with E-state index in [1.54, 1.807) is 0 Å². The molecule has 0 aromatic heterocycles. The number of ether oxygens (including phenoxy) is 1. The first kappa shape index (κ1) is 8.38. The Balaban J connectivity index is 2.58. The summed E-state index contributed by atoms with van der Waals surface area (Å²) in [4.78, 5) is 11.2. The molecule has 0 amide bonds. The standard InChI is InChI=1S/C9H7ClO3/c10-7-4-6-5(3-8(7)11)1-2-13-9(6)12/h3-4,11H,1-2H2. The van der Waals surface area contributed by atoms with Crippen molar-refractivity contribution in [1.29, 1.82) is 0 Å². The number of halogens is 1. The molecule has 1 aromatic carbocycles. The number of hydrogen-bond donors (Lipinski definition) is 1. The summed E-state index contributed by atoms with van der Waals surface area (Å²) in [6.07, 6.45) is 0.631. The number of rotatable bonds is 0. The van der Waals surface area contributed by atoms with Crippen LogP contribution in [0.15, 0.2) is 12.1 Å². The fourth-order valence-electron chi connectivity index (χ4n) is 1.33. The van der Waals surface area contributed by atoms with Crippen molar-refractivity contribution in [3.63, 3.8) is 0 Å². The maximum absolute atomic E-state index is 11.2. The zero-order valence-corrected chi connectivity index (χ0v) is 7.47. The summed E-state index contributed by atoms with van der Waals surface area (Å²) in [5.41, 5.74) is 1.24. The topological polar surface area (TPSA) is 46.5 Å². The fraction of sp³-hybridized carbons (Fsp3) is 0.222. The minimum absolute atomic E-state index is 0.00937. The van der Waals surface area contributed by atoms with Crippen molar-refractivity contribution < 1.29 is 14.6 Å². The Kier molecular flexibility index (Phi) is 1.88. The van der Waals surface area contributed by atoms with Crippen molar-refractivity contribution in [3.05, 3.63) is 28.3 Å². The van der Waals surface area contributed by atoms with E-state index < -0.39 is 0 Å². The largest absolute Gasteiger partial charge is 0.506 e. The molecule has 3 nitrogen and oxygen atoms in total.